The molecular formula is C24H28F3N5O2. The zero-order valence-corrected chi connectivity index (χ0v) is 19.0. The molecule has 3 N–H and O–H groups in total. The Morgan fingerprint density at radius 3 is 2.62 bits per heavy atom. The minimum Gasteiger partial charge on any atom is -0.367 e. The number of amides is 1. The monoisotopic (exact) mass is 475 g/mol. The lowest BCUT2D eigenvalue weighted by atomic mass is 9.80. The first-order chi connectivity index (χ1) is 16.2. The molecule has 0 saturated heterocycles. The van der Waals surface area contributed by atoms with Gasteiger partial charge in [-0.1, -0.05) is 6.07 Å². The van der Waals surface area contributed by atoms with E-state index in [1.54, 1.807) is 0 Å². The van der Waals surface area contributed by atoms with Crippen molar-refractivity contribution in [2.24, 2.45) is 0 Å². The summed E-state index contributed by atoms with van der Waals surface area (Å²) in [5, 5.41) is 8.47. The number of Topliss-reactive ketones (excluding diaryl/α,β-unsaturated/α-hetero) is 1. The van der Waals surface area contributed by atoms with Crippen LogP contribution in [0.25, 0.3) is 0 Å². The Kier molecular flexibility index (Phi) is 7.04. The van der Waals surface area contributed by atoms with Gasteiger partial charge in [-0.25, -0.2) is 4.98 Å². The summed E-state index contributed by atoms with van der Waals surface area (Å²) in [6.07, 6.45) is 1.94. The normalized spacial score (nSPS) is 17.9. The van der Waals surface area contributed by atoms with Gasteiger partial charge in [0.15, 0.2) is 5.78 Å². The van der Waals surface area contributed by atoms with Crippen molar-refractivity contribution >= 4 is 29.1 Å². The number of nitrogens with one attached hydrogen (secondary N) is 3. The van der Waals surface area contributed by atoms with Gasteiger partial charge in [0.2, 0.25) is 11.9 Å². The number of rotatable bonds is 8. The highest BCUT2D eigenvalue weighted by atomic mass is 19.4. The van der Waals surface area contributed by atoms with Crippen LogP contribution in [-0.4, -0.2) is 34.2 Å². The van der Waals surface area contributed by atoms with Crippen LogP contribution in [-0.2, 0) is 22.2 Å². The summed E-state index contributed by atoms with van der Waals surface area (Å²) in [5.74, 6) is -0.276. The molecule has 1 amide bonds. The summed E-state index contributed by atoms with van der Waals surface area (Å²) in [7, 11) is 0. The van der Waals surface area contributed by atoms with Gasteiger partial charge in [0.25, 0.3) is 0 Å². The Labute approximate surface area is 195 Å². The molecule has 4 rings (SSSR count). The number of halogens is 3. The number of alkyl halides is 3. The molecule has 1 heterocycles. The van der Waals surface area contributed by atoms with Gasteiger partial charge < -0.3 is 16.0 Å². The van der Waals surface area contributed by atoms with Crippen molar-refractivity contribution in [3.63, 3.8) is 0 Å². The third-order valence-electron chi connectivity index (χ3n) is 6.39. The molecule has 1 aromatic heterocycles. The molecule has 34 heavy (non-hydrogen) atoms. The third kappa shape index (κ3) is 5.84. The molecule has 1 atom stereocenters. The van der Waals surface area contributed by atoms with Crippen molar-refractivity contribution in [2.45, 2.75) is 70.0 Å². The zero-order valence-electron chi connectivity index (χ0n) is 19.0. The molecule has 1 aromatic carbocycles. The van der Waals surface area contributed by atoms with E-state index in [0.717, 1.165) is 55.8 Å². The Morgan fingerprint density at radius 2 is 1.94 bits per heavy atom. The Bertz CT molecular complexity index is 1070. The van der Waals surface area contributed by atoms with E-state index >= 15 is 0 Å². The summed E-state index contributed by atoms with van der Waals surface area (Å²) in [5.41, 5.74) is 1.99. The van der Waals surface area contributed by atoms with E-state index in [9.17, 15) is 22.8 Å². The summed E-state index contributed by atoms with van der Waals surface area (Å²) in [6, 6.07) is 5.72. The quantitative estimate of drug-likeness (QED) is 0.511. The minimum absolute atomic E-state index is 0.00196. The van der Waals surface area contributed by atoms with Gasteiger partial charge in [-0.2, -0.15) is 18.2 Å². The summed E-state index contributed by atoms with van der Waals surface area (Å²) >= 11 is 0. The molecule has 2 aromatic rings. The summed E-state index contributed by atoms with van der Waals surface area (Å²) in [6.45, 7) is 1.41. The number of hydrogen-bond donors (Lipinski definition) is 3. The van der Waals surface area contributed by atoms with Crippen LogP contribution in [0, 0.1) is 0 Å². The van der Waals surface area contributed by atoms with Crippen molar-refractivity contribution in [3.8, 4) is 0 Å². The van der Waals surface area contributed by atoms with E-state index < -0.39 is 11.7 Å². The van der Waals surface area contributed by atoms with E-state index in [2.05, 4.69) is 25.9 Å². The maximum absolute atomic E-state index is 13.4. The van der Waals surface area contributed by atoms with Gasteiger partial charge in [-0.3, -0.25) is 9.59 Å². The summed E-state index contributed by atoms with van der Waals surface area (Å²) < 4.78 is 40.2. The van der Waals surface area contributed by atoms with Gasteiger partial charge >= 0.3 is 6.18 Å². The predicted octanol–water partition coefficient (Wildman–Crippen LogP) is 4.72. The topological polar surface area (TPSA) is 96.0 Å². The van der Waals surface area contributed by atoms with E-state index in [0.29, 0.717) is 12.1 Å². The smallest absolute Gasteiger partial charge is 0.367 e. The standard InChI is InChI=1S/C24H28F3N5O2/c1-14(33)28-12-19(34)11-16-5-2-4-15-10-18(8-9-20(15)16)31-23-29-13-21(24(25,26)27)22(32-23)30-17-6-3-7-17/h8-10,13,16-17H,2-7,11-12H2,1H3,(H,28,33)(H2,29,30,31,32)/t16-/m1/s1. The SMILES string of the molecule is CC(=O)NCC(=O)C[C@H]1CCCc2cc(Nc3ncc(C(F)(F)F)c(NC4CCC4)n3)ccc21. The minimum atomic E-state index is -4.54. The van der Waals surface area contributed by atoms with Crippen LogP contribution < -0.4 is 16.0 Å². The first-order valence-corrected chi connectivity index (χ1v) is 11.6. The van der Waals surface area contributed by atoms with E-state index in [1.807, 2.05) is 18.2 Å². The second-order valence-electron chi connectivity index (χ2n) is 9.01. The number of hydrogen-bond acceptors (Lipinski definition) is 6. The number of carbonyl (C=O) groups excluding carboxylic acids is 2. The molecular weight excluding hydrogens is 447 g/mol. The molecule has 0 bridgehead atoms. The molecule has 2 aliphatic carbocycles. The molecule has 1 saturated carbocycles. The highest BCUT2D eigenvalue weighted by molar-refractivity contribution is 5.85. The van der Waals surface area contributed by atoms with Gasteiger partial charge in [0.1, 0.15) is 11.4 Å². The van der Waals surface area contributed by atoms with Crippen molar-refractivity contribution in [1.82, 2.24) is 15.3 Å². The van der Waals surface area contributed by atoms with E-state index in [4.69, 9.17) is 0 Å². The van der Waals surface area contributed by atoms with Crippen LogP contribution in [0.5, 0.6) is 0 Å². The summed E-state index contributed by atoms with van der Waals surface area (Å²) in [4.78, 5) is 31.3. The van der Waals surface area contributed by atoms with Crippen LogP contribution in [0.15, 0.2) is 24.4 Å². The Balaban J connectivity index is 1.49. The molecule has 0 unspecified atom stereocenters. The zero-order chi connectivity index (χ0) is 24.3. The van der Waals surface area contributed by atoms with Gasteiger partial charge in [0.05, 0.1) is 6.54 Å². The number of carbonyl (C=O) groups is 2. The van der Waals surface area contributed by atoms with Crippen molar-refractivity contribution in [2.75, 3.05) is 17.2 Å². The van der Waals surface area contributed by atoms with Crippen LogP contribution in [0.2, 0.25) is 0 Å². The van der Waals surface area contributed by atoms with Crippen LogP contribution in [0.4, 0.5) is 30.6 Å². The Hall–Kier alpha value is -3.17. The number of benzene rings is 1. The highest BCUT2D eigenvalue weighted by Gasteiger charge is 2.36. The van der Waals surface area contributed by atoms with Crippen LogP contribution in [0.3, 0.4) is 0 Å². The average molecular weight is 476 g/mol. The lowest BCUT2D eigenvalue weighted by molar-refractivity contribution is -0.137. The third-order valence-corrected chi connectivity index (χ3v) is 6.39. The van der Waals surface area contributed by atoms with Gasteiger partial charge in [-0.05, 0) is 67.7 Å². The fourth-order valence-corrected chi connectivity index (χ4v) is 4.41. The lowest BCUT2D eigenvalue weighted by Gasteiger charge is -2.28. The maximum Gasteiger partial charge on any atom is 0.421 e. The molecule has 1 fully saturated rings. The Morgan fingerprint density at radius 1 is 1.15 bits per heavy atom. The van der Waals surface area contributed by atoms with E-state index in [-0.39, 0.29) is 42.0 Å². The molecule has 0 radical (unpaired) electrons. The fraction of sp³-hybridized carbons (Fsp3) is 0.500. The van der Waals surface area contributed by atoms with E-state index in [1.165, 1.54) is 6.92 Å². The van der Waals surface area contributed by atoms with Crippen molar-refractivity contribution in [1.29, 1.82) is 0 Å². The van der Waals surface area contributed by atoms with Gasteiger partial charge in [0, 0.05) is 31.3 Å². The number of nitrogens with zero attached hydrogens (tertiary/aromatic N) is 2. The second-order valence-corrected chi connectivity index (χ2v) is 9.01. The predicted molar refractivity (Wildman–Crippen MR) is 122 cm³/mol. The maximum atomic E-state index is 13.4. The second kappa shape index (κ2) is 9.99. The number of fused-ring (bicyclic) bond motifs is 1. The first kappa shape index (κ1) is 24.0. The number of aromatic nitrogens is 2. The van der Waals surface area contributed by atoms with Gasteiger partial charge in [-0.15, -0.1) is 0 Å². The first-order valence-electron chi connectivity index (χ1n) is 11.6. The number of anilines is 3. The highest BCUT2D eigenvalue weighted by Crippen LogP contribution is 2.37. The molecule has 2 aliphatic rings. The lowest BCUT2D eigenvalue weighted by Crippen LogP contribution is -2.29. The molecule has 0 aliphatic heterocycles. The fourth-order valence-electron chi connectivity index (χ4n) is 4.41. The van der Waals surface area contributed by atoms with Crippen LogP contribution >= 0.6 is 0 Å². The average Bonchev–Trinajstić information content (AvgIpc) is 2.74. The van der Waals surface area contributed by atoms with Crippen molar-refractivity contribution < 1.29 is 22.8 Å². The molecule has 7 nitrogen and oxygen atoms in total. The van der Waals surface area contributed by atoms with Crippen molar-refractivity contribution in [3.05, 3.63) is 41.1 Å². The van der Waals surface area contributed by atoms with Crippen LogP contribution in [0.1, 0.15) is 68.1 Å². The molecule has 10 heteroatoms. The number of aryl methyl sites for hydroxylation is 1. The molecule has 182 valence electrons. The largest absolute Gasteiger partial charge is 0.421 e. The number of ketones is 1. The molecule has 0 spiro atoms.